The van der Waals surface area contributed by atoms with Crippen molar-refractivity contribution in [3.63, 3.8) is 0 Å². The van der Waals surface area contributed by atoms with Crippen molar-refractivity contribution < 1.29 is 13.5 Å². The van der Waals surface area contributed by atoms with Crippen LogP contribution in [0.25, 0.3) is 0 Å². The van der Waals surface area contributed by atoms with Crippen LogP contribution in [-0.4, -0.2) is 6.61 Å². The summed E-state index contributed by atoms with van der Waals surface area (Å²) in [5.41, 5.74) is 0.147. The predicted octanol–water partition coefficient (Wildman–Crippen LogP) is 8.69. The Morgan fingerprint density at radius 2 is 1.47 bits per heavy atom. The number of rotatable bonds is 9. The molecule has 2 saturated carbocycles. The average Bonchev–Trinajstić information content (AvgIpc) is 2.82. The Labute approximate surface area is 194 Å². The molecule has 178 valence electrons. The van der Waals surface area contributed by atoms with E-state index in [4.69, 9.17) is 4.74 Å². The van der Waals surface area contributed by atoms with E-state index in [9.17, 15) is 8.78 Å². The highest BCUT2D eigenvalue weighted by atomic mass is 19.2. The molecule has 32 heavy (non-hydrogen) atoms. The molecule has 0 spiro atoms. The maximum atomic E-state index is 14.4. The normalized spacial score (nSPS) is 25.8. The Balaban J connectivity index is 1.44. The summed E-state index contributed by atoms with van der Waals surface area (Å²) in [5.74, 6) is 7.38. The van der Waals surface area contributed by atoms with Crippen LogP contribution >= 0.6 is 0 Å². The molecule has 0 N–H and O–H groups in total. The summed E-state index contributed by atoms with van der Waals surface area (Å²) in [5, 5.41) is 0. The maximum Gasteiger partial charge on any atom is 0.201 e. The third kappa shape index (κ3) is 7.23. The summed E-state index contributed by atoms with van der Waals surface area (Å²) in [6.07, 6.45) is 17.7. The topological polar surface area (TPSA) is 9.23 Å². The Bertz CT molecular complexity index is 746. The van der Waals surface area contributed by atoms with Crippen molar-refractivity contribution in [2.24, 2.45) is 23.7 Å². The van der Waals surface area contributed by atoms with Gasteiger partial charge in [-0.2, -0.15) is 4.39 Å². The van der Waals surface area contributed by atoms with Crippen LogP contribution in [0, 0.1) is 47.1 Å². The van der Waals surface area contributed by atoms with Gasteiger partial charge in [0.1, 0.15) is 0 Å². The largest absolute Gasteiger partial charge is 0.490 e. The molecule has 0 bridgehead atoms. The van der Waals surface area contributed by atoms with Crippen molar-refractivity contribution in [1.29, 1.82) is 0 Å². The molecular weight excluding hydrogens is 402 g/mol. The lowest BCUT2D eigenvalue weighted by atomic mass is 9.69. The van der Waals surface area contributed by atoms with E-state index in [0.29, 0.717) is 12.5 Å². The van der Waals surface area contributed by atoms with E-state index in [1.54, 1.807) is 6.07 Å². The SMILES string of the molecule is CCCCC[C@H]1CC[C@H]([C@H]2CC[C@H](C#Cc3ccc(OCCCC)c(F)c3F)CC2)CC1. The van der Waals surface area contributed by atoms with E-state index in [1.165, 1.54) is 70.3 Å². The third-order valence-electron chi connectivity index (χ3n) is 7.76. The van der Waals surface area contributed by atoms with Crippen LogP contribution in [0.3, 0.4) is 0 Å². The fourth-order valence-corrected chi connectivity index (χ4v) is 5.61. The second kappa shape index (κ2) is 13.2. The molecule has 0 aromatic heterocycles. The highest BCUT2D eigenvalue weighted by molar-refractivity contribution is 5.41. The van der Waals surface area contributed by atoms with Crippen LogP contribution in [-0.2, 0) is 0 Å². The lowest BCUT2D eigenvalue weighted by molar-refractivity contribution is 0.153. The molecule has 2 aliphatic rings. The molecule has 3 rings (SSSR count). The zero-order valence-corrected chi connectivity index (χ0v) is 20.2. The lowest BCUT2D eigenvalue weighted by Crippen LogP contribution is -2.25. The van der Waals surface area contributed by atoms with E-state index >= 15 is 0 Å². The molecular formula is C29H42F2O. The van der Waals surface area contributed by atoms with E-state index < -0.39 is 11.6 Å². The zero-order chi connectivity index (χ0) is 22.8. The van der Waals surface area contributed by atoms with Gasteiger partial charge in [0.25, 0.3) is 0 Å². The highest BCUT2D eigenvalue weighted by Crippen LogP contribution is 2.42. The molecule has 1 aromatic carbocycles. The van der Waals surface area contributed by atoms with E-state index in [-0.39, 0.29) is 11.3 Å². The molecule has 0 aliphatic heterocycles. The first-order chi connectivity index (χ1) is 15.6. The molecule has 0 amide bonds. The number of hydrogen-bond acceptors (Lipinski definition) is 1. The number of hydrogen-bond donors (Lipinski definition) is 0. The summed E-state index contributed by atoms with van der Waals surface area (Å²) in [7, 11) is 0. The van der Waals surface area contributed by atoms with Crippen LogP contribution in [0.5, 0.6) is 5.75 Å². The molecule has 1 nitrogen and oxygen atoms in total. The lowest BCUT2D eigenvalue weighted by Gasteiger charge is -2.37. The highest BCUT2D eigenvalue weighted by Gasteiger charge is 2.30. The Hall–Kier alpha value is -1.56. The summed E-state index contributed by atoms with van der Waals surface area (Å²) in [6, 6.07) is 3.06. The summed E-state index contributed by atoms with van der Waals surface area (Å²) in [6.45, 7) is 4.72. The molecule has 2 aliphatic carbocycles. The second-order valence-electron chi connectivity index (χ2n) is 10.1. The Morgan fingerprint density at radius 3 is 2.12 bits per heavy atom. The first-order valence-electron chi connectivity index (χ1n) is 13.2. The fourth-order valence-electron chi connectivity index (χ4n) is 5.61. The van der Waals surface area contributed by atoms with Gasteiger partial charge in [0.2, 0.25) is 5.82 Å². The molecule has 1 aromatic rings. The van der Waals surface area contributed by atoms with Gasteiger partial charge in [-0.05, 0) is 74.8 Å². The van der Waals surface area contributed by atoms with Gasteiger partial charge < -0.3 is 4.74 Å². The van der Waals surface area contributed by atoms with Gasteiger partial charge in [-0.3, -0.25) is 0 Å². The smallest absolute Gasteiger partial charge is 0.201 e. The number of unbranched alkanes of at least 4 members (excludes halogenated alkanes) is 3. The third-order valence-corrected chi connectivity index (χ3v) is 7.76. The molecule has 0 atom stereocenters. The fraction of sp³-hybridized carbons (Fsp3) is 0.724. The van der Waals surface area contributed by atoms with Crippen molar-refractivity contribution in [2.45, 2.75) is 104 Å². The van der Waals surface area contributed by atoms with Crippen LogP contribution in [0.2, 0.25) is 0 Å². The first kappa shape index (κ1) is 25.1. The number of ether oxygens (including phenoxy) is 1. The second-order valence-corrected chi connectivity index (χ2v) is 10.1. The van der Waals surface area contributed by atoms with E-state index in [1.807, 2.05) is 6.92 Å². The van der Waals surface area contributed by atoms with Crippen LogP contribution in [0.15, 0.2) is 12.1 Å². The van der Waals surface area contributed by atoms with Crippen molar-refractivity contribution in [3.05, 3.63) is 29.3 Å². The Morgan fingerprint density at radius 1 is 0.812 bits per heavy atom. The van der Waals surface area contributed by atoms with Gasteiger partial charge in [0.15, 0.2) is 11.6 Å². The van der Waals surface area contributed by atoms with Gasteiger partial charge >= 0.3 is 0 Å². The molecule has 0 radical (unpaired) electrons. The quantitative estimate of drug-likeness (QED) is 0.273. The number of halogens is 2. The molecule has 2 fully saturated rings. The number of benzene rings is 1. The average molecular weight is 445 g/mol. The van der Waals surface area contributed by atoms with Crippen molar-refractivity contribution in [2.75, 3.05) is 6.61 Å². The van der Waals surface area contributed by atoms with Crippen molar-refractivity contribution >= 4 is 0 Å². The minimum Gasteiger partial charge on any atom is -0.490 e. The summed E-state index contributed by atoms with van der Waals surface area (Å²) in [4.78, 5) is 0. The Kier molecular flexibility index (Phi) is 10.4. The van der Waals surface area contributed by atoms with Gasteiger partial charge in [0.05, 0.1) is 12.2 Å². The van der Waals surface area contributed by atoms with E-state index in [0.717, 1.165) is 43.4 Å². The van der Waals surface area contributed by atoms with Crippen molar-refractivity contribution in [1.82, 2.24) is 0 Å². The standard InChI is InChI=1S/C29H42F2O/c1-3-5-7-8-22-9-14-24(15-10-22)25-16-11-23(12-17-25)13-18-26-19-20-27(29(31)28(26)30)32-21-6-4-2/h19-20,22-25H,3-12,14-17,21H2,1-2H3/t22-,23-,24-,25-. The van der Waals surface area contributed by atoms with Crippen LogP contribution < -0.4 is 4.74 Å². The molecule has 0 heterocycles. The van der Waals surface area contributed by atoms with Gasteiger partial charge in [-0.25, -0.2) is 4.39 Å². The van der Waals surface area contributed by atoms with Crippen molar-refractivity contribution in [3.8, 4) is 17.6 Å². The summed E-state index contributed by atoms with van der Waals surface area (Å²) < 4.78 is 34.0. The van der Waals surface area contributed by atoms with Crippen LogP contribution in [0.1, 0.15) is 109 Å². The molecule has 0 unspecified atom stereocenters. The van der Waals surface area contributed by atoms with E-state index in [2.05, 4.69) is 18.8 Å². The van der Waals surface area contributed by atoms with Gasteiger partial charge in [-0.15, -0.1) is 0 Å². The monoisotopic (exact) mass is 444 g/mol. The maximum absolute atomic E-state index is 14.4. The first-order valence-corrected chi connectivity index (χ1v) is 13.2. The minimum absolute atomic E-state index is 0.0120. The van der Waals surface area contributed by atoms with Crippen LogP contribution in [0.4, 0.5) is 8.78 Å². The molecule has 0 saturated heterocycles. The van der Waals surface area contributed by atoms with Gasteiger partial charge in [0, 0.05) is 5.92 Å². The summed E-state index contributed by atoms with van der Waals surface area (Å²) >= 11 is 0. The predicted molar refractivity (Wildman–Crippen MR) is 129 cm³/mol. The minimum atomic E-state index is -0.915. The van der Waals surface area contributed by atoms with Gasteiger partial charge in [-0.1, -0.05) is 70.6 Å². The zero-order valence-electron chi connectivity index (χ0n) is 20.2. The molecule has 3 heteroatoms.